The first kappa shape index (κ1) is 15.5. The molecule has 0 aromatic heterocycles. The standard InChI is InChI=1S/C14H16ClFN2O/c15-9-4-3-8-14(19)18(11-5-10-17)13-7-2-1-6-12(13)16/h1-2,6-7H,3-5,8-9,11H2. The Morgan fingerprint density at radius 2 is 2.11 bits per heavy atom. The van der Waals surface area contributed by atoms with Gasteiger partial charge in [0.2, 0.25) is 5.91 Å². The molecule has 0 heterocycles. The molecule has 1 aromatic rings. The first-order valence-corrected chi connectivity index (χ1v) is 6.72. The molecule has 102 valence electrons. The number of para-hydroxylation sites is 1. The summed E-state index contributed by atoms with van der Waals surface area (Å²) in [5.41, 5.74) is 0.230. The Labute approximate surface area is 117 Å². The van der Waals surface area contributed by atoms with Crippen molar-refractivity contribution in [3.05, 3.63) is 30.1 Å². The SMILES string of the molecule is N#CCCN(C(=O)CCCCCl)c1ccccc1F. The molecule has 0 saturated carbocycles. The third-order valence-corrected chi connectivity index (χ3v) is 2.93. The van der Waals surface area contributed by atoms with Crippen molar-refractivity contribution < 1.29 is 9.18 Å². The lowest BCUT2D eigenvalue weighted by Gasteiger charge is -2.22. The summed E-state index contributed by atoms with van der Waals surface area (Å²) < 4.78 is 13.7. The van der Waals surface area contributed by atoms with E-state index in [1.807, 2.05) is 6.07 Å². The summed E-state index contributed by atoms with van der Waals surface area (Å²) in [6, 6.07) is 8.07. The molecule has 0 saturated heterocycles. The number of benzene rings is 1. The third kappa shape index (κ3) is 4.88. The number of amides is 1. The molecule has 0 fully saturated rings. The van der Waals surface area contributed by atoms with Crippen LogP contribution in [0, 0.1) is 17.1 Å². The van der Waals surface area contributed by atoms with E-state index in [9.17, 15) is 9.18 Å². The predicted molar refractivity (Wildman–Crippen MR) is 73.6 cm³/mol. The number of carbonyl (C=O) groups is 1. The van der Waals surface area contributed by atoms with E-state index >= 15 is 0 Å². The maximum Gasteiger partial charge on any atom is 0.227 e. The fourth-order valence-corrected chi connectivity index (χ4v) is 1.91. The summed E-state index contributed by atoms with van der Waals surface area (Å²) in [5, 5.41) is 8.63. The van der Waals surface area contributed by atoms with Gasteiger partial charge in [-0.25, -0.2) is 4.39 Å². The molecule has 0 atom stereocenters. The summed E-state index contributed by atoms with van der Waals surface area (Å²) in [6.07, 6.45) is 1.90. The Hall–Kier alpha value is -1.60. The minimum atomic E-state index is -0.453. The van der Waals surface area contributed by atoms with Crippen LogP contribution in [-0.2, 0) is 4.79 Å². The molecule has 1 aromatic carbocycles. The van der Waals surface area contributed by atoms with Crippen molar-refractivity contribution in [2.75, 3.05) is 17.3 Å². The van der Waals surface area contributed by atoms with Crippen LogP contribution in [0.5, 0.6) is 0 Å². The maximum atomic E-state index is 13.7. The fourth-order valence-electron chi connectivity index (χ4n) is 1.72. The van der Waals surface area contributed by atoms with Crippen LogP contribution >= 0.6 is 11.6 Å². The summed E-state index contributed by atoms with van der Waals surface area (Å²) >= 11 is 5.56. The monoisotopic (exact) mass is 282 g/mol. The zero-order valence-electron chi connectivity index (χ0n) is 10.6. The Morgan fingerprint density at radius 1 is 1.37 bits per heavy atom. The van der Waals surface area contributed by atoms with Crippen molar-refractivity contribution in [2.24, 2.45) is 0 Å². The van der Waals surface area contributed by atoms with E-state index < -0.39 is 5.82 Å². The number of carbonyl (C=O) groups excluding carboxylic acids is 1. The Kier molecular flexibility index (Phi) is 6.91. The maximum absolute atomic E-state index is 13.7. The van der Waals surface area contributed by atoms with E-state index in [1.165, 1.54) is 11.0 Å². The molecule has 0 N–H and O–H groups in total. The van der Waals surface area contributed by atoms with Crippen molar-refractivity contribution in [1.29, 1.82) is 5.26 Å². The van der Waals surface area contributed by atoms with Gasteiger partial charge in [-0.05, 0) is 25.0 Å². The number of nitrogens with zero attached hydrogens (tertiary/aromatic N) is 2. The molecule has 0 spiro atoms. The number of hydrogen-bond donors (Lipinski definition) is 0. The van der Waals surface area contributed by atoms with Crippen molar-refractivity contribution in [3.63, 3.8) is 0 Å². The van der Waals surface area contributed by atoms with Crippen LogP contribution in [0.25, 0.3) is 0 Å². The number of hydrogen-bond acceptors (Lipinski definition) is 2. The molecule has 0 aliphatic heterocycles. The molecule has 5 heteroatoms. The highest BCUT2D eigenvalue weighted by Crippen LogP contribution is 2.20. The van der Waals surface area contributed by atoms with E-state index in [4.69, 9.17) is 16.9 Å². The smallest absolute Gasteiger partial charge is 0.227 e. The van der Waals surface area contributed by atoms with Crippen molar-refractivity contribution in [3.8, 4) is 6.07 Å². The van der Waals surface area contributed by atoms with Gasteiger partial charge in [-0.2, -0.15) is 5.26 Å². The van der Waals surface area contributed by atoms with Gasteiger partial charge in [0.05, 0.1) is 18.2 Å². The van der Waals surface area contributed by atoms with E-state index in [-0.39, 0.29) is 24.6 Å². The average Bonchev–Trinajstić information content (AvgIpc) is 2.41. The van der Waals surface area contributed by atoms with Crippen LogP contribution in [0.15, 0.2) is 24.3 Å². The quantitative estimate of drug-likeness (QED) is 0.568. The lowest BCUT2D eigenvalue weighted by atomic mass is 10.2. The number of anilines is 1. The highest BCUT2D eigenvalue weighted by Gasteiger charge is 2.17. The molecule has 0 aliphatic rings. The van der Waals surface area contributed by atoms with Gasteiger partial charge in [0, 0.05) is 18.8 Å². The second-order valence-electron chi connectivity index (χ2n) is 4.05. The summed E-state index contributed by atoms with van der Waals surface area (Å²) in [4.78, 5) is 13.4. The molecule has 1 amide bonds. The van der Waals surface area contributed by atoms with Crippen molar-refractivity contribution in [2.45, 2.75) is 25.7 Å². The van der Waals surface area contributed by atoms with Gasteiger partial charge < -0.3 is 4.90 Å². The molecular formula is C14H16ClFN2O. The topological polar surface area (TPSA) is 44.1 Å². The number of alkyl halides is 1. The van der Waals surface area contributed by atoms with Crippen LogP contribution < -0.4 is 4.90 Å². The van der Waals surface area contributed by atoms with Crippen LogP contribution in [0.3, 0.4) is 0 Å². The van der Waals surface area contributed by atoms with Crippen LogP contribution in [0.2, 0.25) is 0 Å². The zero-order valence-corrected chi connectivity index (χ0v) is 11.4. The molecule has 19 heavy (non-hydrogen) atoms. The lowest BCUT2D eigenvalue weighted by molar-refractivity contribution is -0.118. The highest BCUT2D eigenvalue weighted by molar-refractivity contribution is 6.17. The van der Waals surface area contributed by atoms with Gasteiger partial charge in [-0.1, -0.05) is 12.1 Å². The fraction of sp³-hybridized carbons (Fsp3) is 0.429. The van der Waals surface area contributed by atoms with E-state index in [2.05, 4.69) is 0 Å². The first-order valence-electron chi connectivity index (χ1n) is 6.18. The largest absolute Gasteiger partial charge is 0.309 e. The number of rotatable bonds is 7. The van der Waals surface area contributed by atoms with Crippen molar-refractivity contribution in [1.82, 2.24) is 0 Å². The van der Waals surface area contributed by atoms with Gasteiger partial charge in [0.15, 0.2) is 0 Å². The third-order valence-electron chi connectivity index (χ3n) is 2.67. The second-order valence-corrected chi connectivity index (χ2v) is 4.43. The number of unbranched alkanes of at least 4 members (excludes halogenated alkanes) is 1. The van der Waals surface area contributed by atoms with Crippen molar-refractivity contribution >= 4 is 23.2 Å². The average molecular weight is 283 g/mol. The van der Waals surface area contributed by atoms with Crippen LogP contribution in [0.1, 0.15) is 25.7 Å². The molecule has 0 radical (unpaired) electrons. The minimum absolute atomic E-state index is 0.175. The van der Waals surface area contributed by atoms with Gasteiger partial charge in [-0.15, -0.1) is 11.6 Å². The molecule has 3 nitrogen and oxygen atoms in total. The molecule has 1 rings (SSSR count). The van der Waals surface area contributed by atoms with Crippen LogP contribution in [-0.4, -0.2) is 18.3 Å². The minimum Gasteiger partial charge on any atom is -0.309 e. The van der Waals surface area contributed by atoms with E-state index in [1.54, 1.807) is 18.2 Å². The number of halogens is 2. The second kappa shape index (κ2) is 8.49. The molecule has 0 unspecified atom stereocenters. The summed E-state index contributed by atoms with van der Waals surface area (Å²) in [5.74, 6) is -0.123. The normalized spacial score (nSPS) is 9.95. The van der Waals surface area contributed by atoms with E-state index in [0.717, 1.165) is 6.42 Å². The summed E-state index contributed by atoms with van der Waals surface area (Å²) in [6.45, 7) is 0.205. The molecular weight excluding hydrogens is 267 g/mol. The molecule has 0 bridgehead atoms. The number of nitriles is 1. The van der Waals surface area contributed by atoms with Gasteiger partial charge >= 0.3 is 0 Å². The van der Waals surface area contributed by atoms with Gasteiger partial charge in [0.25, 0.3) is 0 Å². The highest BCUT2D eigenvalue weighted by atomic mass is 35.5. The van der Waals surface area contributed by atoms with Crippen LogP contribution in [0.4, 0.5) is 10.1 Å². The Balaban J connectivity index is 2.80. The van der Waals surface area contributed by atoms with Gasteiger partial charge in [0.1, 0.15) is 5.82 Å². The summed E-state index contributed by atoms with van der Waals surface area (Å²) in [7, 11) is 0. The van der Waals surface area contributed by atoms with Gasteiger partial charge in [-0.3, -0.25) is 4.79 Å². The zero-order chi connectivity index (χ0) is 14.1. The first-order chi connectivity index (χ1) is 9.20. The van der Waals surface area contributed by atoms with E-state index in [0.29, 0.717) is 18.7 Å². The Morgan fingerprint density at radius 3 is 2.74 bits per heavy atom. The predicted octanol–water partition coefficient (Wildman–Crippen LogP) is 3.48. The Bertz CT molecular complexity index is 459. The lowest BCUT2D eigenvalue weighted by Crippen LogP contribution is -2.32. The molecule has 0 aliphatic carbocycles.